The van der Waals surface area contributed by atoms with Crippen LogP contribution in [0.15, 0.2) is 24.3 Å². The van der Waals surface area contributed by atoms with Gasteiger partial charge in [-0.1, -0.05) is 13.8 Å². The summed E-state index contributed by atoms with van der Waals surface area (Å²) in [4.78, 5) is 35.9. The Morgan fingerprint density at radius 1 is 1.25 bits per heavy atom. The third-order valence-corrected chi connectivity index (χ3v) is 3.04. The average Bonchev–Trinajstić information content (AvgIpc) is 2.68. The minimum Gasteiger partial charge on any atom is -0.326 e. The number of nitrogens with zero attached hydrogens (tertiary/aromatic N) is 1. The Labute approximate surface area is 118 Å². The van der Waals surface area contributed by atoms with Crippen LogP contribution < -0.4 is 10.2 Å². The Morgan fingerprint density at radius 2 is 1.90 bits per heavy atom. The molecule has 0 aromatic heterocycles. The molecule has 106 valence electrons. The number of hydrogen-bond acceptors (Lipinski definition) is 3. The number of amides is 2. The predicted molar refractivity (Wildman–Crippen MR) is 76.5 cm³/mol. The lowest BCUT2D eigenvalue weighted by Crippen LogP contribution is -2.24. The van der Waals surface area contributed by atoms with Crippen molar-refractivity contribution in [2.75, 3.05) is 16.8 Å². The predicted octanol–water partition coefficient (Wildman–Crippen LogP) is 1.98. The van der Waals surface area contributed by atoms with Crippen LogP contribution in [0.3, 0.4) is 0 Å². The van der Waals surface area contributed by atoms with Crippen LogP contribution in [0.1, 0.15) is 26.7 Å². The van der Waals surface area contributed by atoms with Gasteiger partial charge < -0.3 is 10.2 Å². The summed E-state index contributed by atoms with van der Waals surface area (Å²) in [5, 5.41) is 2.80. The standard InChI is InChI=1S/C15H18N2O3/c1-10(2)7-14(19)16-11-3-5-12(6-4-11)17-9-13(18)8-15(17)20/h3-6,10H,7-9H2,1-2H3,(H,16,19). The van der Waals surface area contributed by atoms with Crippen molar-refractivity contribution in [3.63, 3.8) is 0 Å². The molecular weight excluding hydrogens is 256 g/mol. The minimum absolute atomic E-state index is 0.0210. The highest BCUT2D eigenvalue weighted by Gasteiger charge is 2.28. The average molecular weight is 274 g/mol. The molecule has 1 heterocycles. The molecule has 0 saturated carbocycles. The third kappa shape index (κ3) is 3.44. The molecule has 0 atom stereocenters. The van der Waals surface area contributed by atoms with E-state index in [1.807, 2.05) is 13.8 Å². The lowest BCUT2D eigenvalue weighted by Gasteiger charge is -2.15. The van der Waals surface area contributed by atoms with Crippen LogP contribution in [-0.2, 0) is 14.4 Å². The summed E-state index contributed by atoms with van der Waals surface area (Å²) in [6, 6.07) is 6.95. The summed E-state index contributed by atoms with van der Waals surface area (Å²) in [7, 11) is 0. The number of ketones is 1. The van der Waals surface area contributed by atoms with E-state index in [9.17, 15) is 14.4 Å². The molecule has 1 aromatic rings. The minimum atomic E-state index is -0.174. The fourth-order valence-corrected chi connectivity index (χ4v) is 2.13. The van der Waals surface area contributed by atoms with E-state index in [2.05, 4.69) is 5.32 Å². The Kier molecular flexibility index (Phi) is 4.17. The fourth-order valence-electron chi connectivity index (χ4n) is 2.13. The molecule has 5 heteroatoms. The first-order valence-corrected chi connectivity index (χ1v) is 6.67. The van der Waals surface area contributed by atoms with Gasteiger partial charge in [-0.05, 0) is 30.2 Å². The number of anilines is 2. The molecule has 1 aromatic carbocycles. The molecule has 2 rings (SSSR count). The topological polar surface area (TPSA) is 66.5 Å². The maximum atomic E-state index is 11.6. The first-order chi connectivity index (χ1) is 9.45. The Morgan fingerprint density at radius 3 is 2.40 bits per heavy atom. The lowest BCUT2D eigenvalue weighted by molar-refractivity contribution is -0.121. The van der Waals surface area contributed by atoms with Gasteiger partial charge in [0.15, 0.2) is 5.78 Å². The fraction of sp³-hybridized carbons (Fsp3) is 0.400. The Bertz CT molecular complexity index is 535. The van der Waals surface area contributed by atoms with Crippen molar-refractivity contribution < 1.29 is 14.4 Å². The monoisotopic (exact) mass is 274 g/mol. The zero-order chi connectivity index (χ0) is 14.7. The Balaban J connectivity index is 2.01. The number of carbonyl (C=O) groups is 3. The highest BCUT2D eigenvalue weighted by atomic mass is 16.2. The van der Waals surface area contributed by atoms with Crippen molar-refractivity contribution in [3.05, 3.63) is 24.3 Å². The Hall–Kier alpha value is -2.17. The van der Waals surface area contributed by atoms with Crippen molar-refractivity contribution in [1.29, 1.82) is 0 Å². The van der Waals surface area contributed by atoms with E-state index < -0.39 is 0 Å². The molecule has 1 N–H and O–H groups in total. The first-order valence-electron chi connectivity index (χ1n) is 6.67. The molecule has 0 bridgehead atoms. The molecule has 0 spiro atoms. The molecule has 5 nitrogen and oxygen atoms in total. The zero-order valence-electron chi connectivity index (χ0n) is 11.7. The van der Waals surface area contributed by atoms with Crippen LogP contribution in [0.2, 0.25) is 0 Å². The van der Waals surface area contributed by atoms with Crippen LogP contribution in [0.5, 0.6) is 0 Å². The summed E-state index contributed by atoms with van der Waals surface area (Å²) < 4.78 is 0. The summed E-state index contributed by atoms with van der Waals surface area (Å²) >= 11 is 0. The summed E-state index contributed by atoms with van der Waals surface area (Å²) in [5.41, 5.74) is 1.38. The number of nitrogens with one attached hydrogen (secondary N) is 1. The summed E-state index contributed by atoms with van der Waals surface area (Å²) in [6.07, 6.45) is 0.452. The van der Waals surface area contributed by atoms with Crippen molar-refractivity contribution in [3.8, 4) is 0 Å². The van der Waals surface area contributed by atoms with Crippen LogP contribution in [-0.4, -0.2) is 24.1 Å². The van der Waals surface area contributed by atoms with Gasteiger partial charge in [0.2, 0.25) is 11.8 Å². The number of benzene rings is 1. The normalized spacial score (nSPS) is 15.1. The van der Waals surface area contributed by atoms with E-state index in [0.717, 1.165) is 0 Å². The van der Waals surface area contributed by atoms with Crippen LogP contribution >= 0.6 is 0 Å². The van der Waals surface area contributed by atoms with Crippen molar-refractivity contribution in [1.82, 2.24) is 0 Å². The van der Waals surface area contributed by atoms with Gasteiger partial charge in [-0.2, -0.15) is 0 Å². The number of Topliss-reactive ketones (excluding diaryl/α,β-unsaturated/α-hetero) is 1. The van der Waals surface area contributed by atoms with Crippen LogP contribution in [0.4, 0.5) is 11.4 Å². The number of rotatable bonds is 4. The summed E-state index contributed by atoms with van der Waals surface area (Å²) in [5.74, 6) is 0.0404. The molecule has 20 heavy (non-hydrogen) atoms. The van der Waals surface area contributed by atoms with Gasteiger partial charge in [0, 0.05) is 17.8 Å². The van der Waals surface area contributed by atoms with Gasteiger partial charge in [-0.3, -0.25) is 14.4 Å². The maximum Gasteiger partial charge on any atom is 0.234 e. The maximum absolute atomic E-state index is 11.6. The molecule has 1 aliphatic rings. The highest BCUT2D eigenvalue weighted by Crippen LogP contribution is 2.22. The molecule has 2 amide bonds. The van der Waals surface area contributed by atoms with E-state index in [4.69, 9.17) is 0 Å². The van der Waals surface area contributed by atoms with Gasteiger partial charge >= 0.3 is 0 Å². The molecule has 1 saturated heterocycles. The van der Waals surface area contributed by atoms with E-state index >= 15 is 0 Å². The van der Waals surface area contributed by atoms with Crippen LogP contribution in [0.25, 0.3) is 0 Å². The highest BCUT2D eigenvalue weighted by molar-refractivity contribution is 6.15. The molecular formula is C15H18N2O3. The third-order valence-electron chi connectivity index (χ3n) is 3.04. The second-order valence-corrected chi connectivity index (χ2v) is 5.39. The number of carbonyl (C=O) groups excluding carboxylic acids is 3. The first kappa shape index (κ1) is 14.2. The molecule has 0 radical (unpaired) electrons. The zero-order valence-corrected chi connectivity index (χ0v) is 11.7. The lowest BCUT2D eigenvalue weighted by atomic mass is 10.1. The van der Waals surface area contributed by atoms with Gasteiger partial charge in [0.25, 0.3) is 0 Å². The van der Waals surface area contributed by atoms with Crippen molar-refractivity contribution in [2.45, 2.75) is 26.7 Å². The second kappa shape index (κ2) is 5.86. The van der Waals surface area contributed by atoms with Gasteiger partial charge in [-0.25, -0.2) is 0 Å². The molecule has 0 unspecified atom stereocenters. The smallest absolute Gasteiger partial charge is 0.234 e. The van der Waals surface area contributed by atoms with E-state index in [1.54, 1.807) is 24.3 Å². The van der Waals surface area contributed by atoms with Gasteiger partial charge in [0.1, 0.15) is 0 Å². The van der Waals surface area contributed by atoms with E-state index in [1.165, 1.54) is 4.90 Å². The quantitative estimate of drug-likeness (QED) is 0.854. The van der Waals surface area contributed by atoms with Gasteiger partial charge in [-0.15, -0.1) is 0 Å². The SMILES string of the molecule is CC(C)CC(=O)Nc1ccc(N2CC(=O)CC2=O)cc1. The number of hydrogen-bond donors (Lipinski definition) is 1. The molecule has 0 aliphatic carbocycles. The second-order valence-electron chi connectivity index (χ2n) is 5.39. The van der Waals surface area contributed by atoms with E-state index in [-0.39, 0.29) is 30.6 Å². The van der Waals surface area contributed by atoms with E-state index in [0.29, 0.717) is 23.7 Å². The summed E-state index contributed by atoms with van der Waals surface area (Å²) in [6.45, 7) is 4.11. The molecule has 1 fully saturated rings. The van der Waals surface area contributed by atoms with Crippen molar-refractivity contribution in [2.24, 2.45) is 5.92 Å². The largest absolute Gasteiger partial charge is 0.326 e. The molecule has 1 aliphatic heterocycles. The van der Waals surface area contributed by atoms with Crippen molar-refractivity contribution >= 4 is 29.0 Å². The van der Waals surface area contributed by atoms with Gasteiger partial charge in [0.05, 0.1) is 13.0 Å². The van der Waals surface area contributed by atoms with Crippen LogP contribution in [0, 0.1) is 5.92 Å².